The van der Waals surface area contributed by atoms with Gasteiger partial charge in [-0.25, -0.2) is 9.78 Å². The molecule has 0 bridgehead atoms. The molecule has 6 heteroatoms. The summed E-state index contributed by atoms with van der Waals surface area (Å²) in [5.41, 5.74) is 2.07. The number of carbonyl (C=O) groups excluding carboxylic acids is 1. The molecule has 0 aliphatic carbocycles. The Morgan fingerprint density at radius 2 is 2.11 bits per heavy atom. The van der Waals surface area contributed by atoms with Gasteiger partial charge in [0.2, 0.25) is 0 Å². The van der Waals surface area contributed by atoms with Gasteiger partial charge in [0.15, 0.2) is 0 Å². The number of hydrogen-bond acceptors (Lipinski definition) is 3. The van der Waals surface area contributed by atoms with Crippen LogP contribution in [0, 0.1) is 0 Å². The van der Waals surface area contributed by atoms with Gasteiger partial charge in [-0.15, -0.1) is 0 Å². The van der Waals surface area contributed by atoms with Gasteiger partial charge in [0.1, 0.15) is 6.04 Å². The molecule has 0 radical (unpaired) electrons. The van der Waals surface area contributed by atoms with Gasteiger partial charge in [-0.3, -0.25) is 4.79 Å². The molecular weight excluding hydrogens is 246 g/mol. The summed E-state index contributed by atoms with van der Waals surface area (Å²) >= 11 is 0. The Balaban J connectivity index is 2.33. The minimum Gasteiger partial charge on any atom is -0.480 e. The second-order valence-electron chi connectivity index (χ2n) is 4.49. The lowest BCUT2D eigenvalue weighted by atomic mass is 10.1. The fourth-order valence-corrected chi connectivity index (χ4v) is 1.81. The van der Waals surface area contributed by atoms with Gasteiger partial charge in [-0.2, -0.15) is 0 Å². The molecule has 0 spiro atoms. The van der Waals surface area contributed by atoms with Gasteiger partial charge in [-0.1, -0.05) is 0 Å². The highest BCUT2D eigenvalue weighted by Gasteiger charge is 2.23. The summed E-state index contributed by atoms with van der Waals surface area (Å²) in [4.78, 5) is 28.4. The molecule has 0 aliphatic rings. The maximum atomic E-state index is 12.2. The maximum absolute atomic E-state index is 12.2. The van der Waals surface area contributed by atoms with E-state index in [1.807, 2.05) is 11.6 Å². The van der Waals surface area contributed by atoms with Crippen LogP contribution >= 0.6 is 0 Å². The van der Waals surface area contributed by atoms with Crippen LogP contribution < -0.4 is 0 Å². The molecule has 0 saturated heterocycles. The van der Waals surface area contributed by atoms with Crippen LogP contribution in [0.5, 0.6) is 0 Å². The molecule has 0 fully saturated rings. The fourth-order valence-electron chi connectivity index (χ4n) is 1.81. The van der Waals surface area contributed by atoms with E-state index in [1.165, 1.54) is 18.9 Å². The Morgan fingerprint density at radius 3 is 2.74 bits per heavy atom. The number of rotatable bonds is 3. The molecule has 0 saturated carbocycles. The fraction of sp³-hybridized carbons (Fsp3) is 0.308. The Labute approximate surface area is 110 Å². The molecule has 0 aliphatic heterocycles. The maximum Gasteiger partial charge on any atom is 0.326 e. The molecule has 1 aromatic heterocycles. The van der Waals surface area contributed by atoms with Crippen LogP contribution in [0.25, 0.3) is 11.0 Å². The van der Waals surface area contributed by atoms with E-state index in [0.29, 0.717) is 11.1 Å². The third-order valence-electron chi connectivity index (χ3n) is 3.23. The molecular formula is C13H15N3O3. The minimum absolute atomic E-state index is 0.331. The predicted octanol–water partition coefficient (Wildman–Crippen LogP) is 1.12. The first kappa shape index (κ1) is 13.1. The number of nitrogens with zero attached hydrogens (tertiary/aromatic N) is 3. The van der Waals surface area contributed by atoms with Gasteiger partial charge < -0.3 is 14.6 Å². The predicted molar refractivity (Wildman–Crippen MR) is 69.9 cm³/mol. The number of aliphatic carboxylic acids is 1. The standard InChI is InChI=1S/C13H15N3O3/c1-8(13(18)19)16(3)12(17)9-4-5-11-10(6-9)14-7-15(11)2/h4-8H,1-3H3,(H,18,19). The number of carboxylic acids is 1. The molecule has 1 N–H and O–H groups in total. The van der Waals surface area contributed by atoms with Crippen LogP contribution in [-0.2, 0) is 11.8 Å². The topological polar surface area (TPSA) is 75.4 Å². The molecule has 100 valence electrons. The molecule has 1 amide bonds. The van der Waals surface area contributed by atoms with Crippen molar-refractivity contribution in [1.82, 2.24) is 14.5 Å². The monoisotopic (exact) mass is 261 g/mol. The number of benzene rings is 1. The lowest BCUT2D eigenvalue weighted by Gasteiger charge is -2.21. The van der Waals surface area contributed by atoms with Gasteiger partial charge in [0, 0.05) is 19.7 Å². The van der Waals surface area contributed by atoms with Crippen LogP contribution in [-0.4, -0.2) is 44.5 Å². The van der Waals surface area contributed by atoms with Crippen molar-refractivity contribution in [3.63, 3.8) is 0 Å². The number of aromatic nitrogens is 2. The zero-order chi connectivity index (χ0) is 14.2. The normalized spacial score (nSPS) is 12.4. The van der Waals surface area contributed by atoms with E-state index in [0.717, 1.165) is 5.52 Å². The second-order valence-corrected chi connectivity index (χ2v) is 4.49. The summed E-state index contributed by atoms with van der Waals surface area (Å²) in [6, 6.07) is 4.28. The highest BCUT2D eigenvalue weighted by atomic mass is 16.4. The van der Waals surface area contributed by atoms with Gasteiger partial charge in [-0.05, 0) is 25.1 Å². The largest absolute Gasteiger partial charge is 0.480 e. The van der Waals surface area contributed by atoms with E-state index >= 15 is 0 Å². The van der Waals surface area contributed by atoms with Crippen molar-refractivity contribution in [2.75, 3.05) is 7.05 Å². The SMILES string of the molecule is CC(C(=O)O)N(C)C(=O)c1ccc2c(c1)ncn2C. The van der Waals surface area contributed by atoms with Crippen molar-refractivity contribution in [2.45, 2.75) is 13.0 Å². The second kappa shape index (κ2) is 4.72. The van der Waals surface area contributed by atoms with Crippen molar-refractivity contribution in [3.05, 3.63) is 30.1 Å². The Hall–Kier alpha value is -2.37. The highest BCUT2D eigenvalue weighted by molar-refractivity contribution is 5.98. The van der Waals surface area contributed by atoms with Crippen LogP contribution in [0.4, 0.5) is 0 Å². The van der Waals surface area contributed by atoms with Crippen molar-refractivity contribution in [3.8, 4) is 0 Å². The lowest BCUT2D eigenvalue weighted by molar-refractivity contribution is -0.141. The third-order valence-corrected chi connectivity index (χ3v) is 3.23. The summed E-state index contributed by atoms with van der Waals surface area (Å²) in [7, 11) is 3.35. The number of fused-ring (bicyclic) bond motifs is 1. The average Bonchev–Trinajstić information content (AvgIpc) is 2.77. The van der Waals surface area contributed by atoms with Crippen LogP contribution in [0.3, 0.4) is 0 Å². The summed E-state index contributed by atoms with van der Waals surface area (Å²) < 4.78 is 1.85. The number of amides is 1. The minimum atomic E-state index is -1.03. The number of carbonyl (C=O) groups is 2. The van der Waals surface area contributed by atoms with E-state index in [2.05, 4.69) is 4.98 Å². The summed E-state index contributed by atoms with van der Waals surface area (Å²) in [6.07, 6.45) is 1.67. The molecule has 1 heterocycles. The zero-order valence-corrected chi connectivity index (χ0v) is 11.0. The summed E-state index contributed by atoms with van der Waals surface area (Å²) in [5.74, 6) is -1.36. The number of aryl methyl sites for hydroxylation is 1. The van der Waals surface area contributed by atoms with E-state index in [9.17, 15) is 9.59 Å². The molecule has 19 heavy (non-hydrogen) atoms. The van der Waals surface area contributed by atoms with Crippen molar-refractivity contribution < 1.29 is 14.7 Å². The molecule has 1 aromatic carbocycles. The molecule has 1 unspecified atom stereocenters. The van der Waals surface area contributed by atoms with Crippen molar-refractivity contribution in [1.29, 1.82) is 0 Å². The Morgan fingerprint density at radius 1 is 1.42 bits per heavy atom. The van der Waals surface area contributed by atoms with E-state index in [1.54, 1.807) is 24.5 Å². The molecule has 2 rings (SSSR count). The summed E-state index contributed by atoms with van der Waals surface area (Å²) in [5, 5.41) is 8.91. The van der Waals surface area contributed by atoms with Gasteiger partial charge in [0.25, 0.3) is 5.91 Å². The lowest BCUT2D eigenvalue weighted by Crippen LogP contribution is -2.40. The Bertz CT molecular complexity index is 648. The number of hydrogen-bond donors (Lipinski definition) is 1. The zero-order valence-electron chi connectivity index (χ0n) is 11.0. The molecule has 6 nitrogen and oxygen atoms in total. The third kappa shape index (κ3) is 2.29. The number of carboxylic acid groups (broad SMARTS) is 1. The first-order valence-electron chi connectivity index (χ1n) is 5.83. The summed E-state index contributed by atoms with van der Waals surface area (Å²) in [6.45, 7) is 1.47. The van der Waals surface area contributed by atoms with Crippen molar-refractivity contribution >= 4 is 22.9 Å². The Kier molecular flexibility index (Phi) is 3.25. The first-order chi connectivity index (χ1) is 8.91. The van der Waals surface area contributed by atoms with E-state index in [4.69, 9.17) is 5.11 Å². The smallest absolute Gasteiger partial charge is 0.326 e. The van der Waals surface area contributed by atoms with E-state index in [-0.39, 0.29) is 5.91 Å². The quantitative estimate of drug-likeness (QED) is 0.898. The van der Waals surface area contributed by atoms with Crippen LogP contribution in [0.2, 0.25) is 0 Å². The van der Waals surface area contributed by atoms with Crippen LogP contribution in [0.15, 0.2) is 24.5 Å². The number of imidazole rings is 1. The molecule has 1 atom stereocenters. The van der Waals surface area contributed by atoms with Gasteiger partial charge in [0.05, 0.1) is 17.4 Å². The number of likely N-dealkylation sites (N-methyl/N-ethyl adjacent to an activating group) is 1. The van der Waals surface area contributed by atoms with Gasteiger partial charge >= 0.3 is 5.97 Å². The molecule has 2 aromatic rings. The van der Waals surface area contributed by atoms with Crippen molar-refractivity contribution in [2.24, 2.45) is 7.05 Å². The average molecular weight is 261 g/mol. The first-order valence-corrected chi connectivity index (χ1v) is 5.83. The van der Waals surface area contributed by atoms with E-state index < -0.39 is 12.0 Å². The van der Waals surface area contributed by atoms with Crippen LogP contribution in [0.1, 0.15) is 17.3 Å². The highest BCUT2D eigenvalue weighted by Crippen LogP contribution is 2.15.